The number of nitrogens with zero attached hydrogens (tertiary/aromatic N) is 4. The molecule has 0 saturated heterocycles. The van der Waals surface area contributed by atoms with Gasteiger partial charge in [0.2, 0.25) is 0 Å². The summed E-state index contributed by atoms with van der Waals surface area (Å²) in [5.74, 6) is 4.58. The fraction of sp³-hybridized carbons (Fsp3) is 0.920. The quantitative estimate of drug-likeness (QED) is 0.780. The Morgan fingerprint density at radius 1 is 1.10 bits per heavy atom. The van der Waals surface area contributed by atoms with Crippen LogP contribution in [0.25, 0.3) is 0 Å². The maximum absolute atomic E-state index is 13.4. The Hall–Kier alpha value is -1.30. The molecule has 4 aliphatic rings. The number of rotatable bonds is 3. The number of carbonyl (C=O) groups is 1. The van der Waals surface area contributed by atoms with E-state index in [2.05, 4.69) is 36.3 Å². The number of Topliss-reactive ketones (excluding diaryl/α,β-unsaturated/α-hetero) is 1. The largest absolute Gasteiger partial charge is 0.390 e. The first-order valence-electron chi connectivity index (χ1n) is 12.5. The number of fused-ring (bicyclic) bond motifs is 5. The molecule has 6 heteroatoms. The lowest BCUT2D eigenvalue weighted by Gasteiger charge is -2.63. The summed E-state index contributed by atoms with van der Waals surface area (Å²) in [4.78, 5) is 13.4. The summed E-state index contributed by atoms with van der Waals surface area (Å²) in [6.07, 6.45) is 8.90. The Balaban J connectivity index is 1.39. The SMILES string of the molecule is Cc1nnnn1CC(=O)[C@H]1CC[C@H]2[C@@H]3[C@H](C)C[C@H]4C[C@](C)(O)CC[C@]4(C)[C@H]3CC[C@]12C. The lowest BCUT2D eigenvalue weighted by Crippen LogP contribution is -2.58. The van der Waals surface area contributed by atoms with E-state index in [4.69, 9.17) is 0 Å². The highest BCUT2D eigenvalue weighted by molar-refractivity contribution is 5.82. The van der Waals surface area contributed by atoms with Gasteiger partial charge >= 0.3 is 0 Å². The molecule has 1 aromatic heterocycles. The summed E-state index contributed by atoms with van der Waals surface area (Å²) in [5.41, 5.74) is -0.0245. The molecular weight excluding hydrogens is 388 g/mol. The van der Waals surface area contributed by atoms with Crippen molar-refractivity contribution in [3.8, 4) is 0 Å². The second kappa shape index (κ2) is 7.10. The number of hydrogen-bond donors (Lipinski definition) is 1. The third kappa shape index (κ3) is 3.22. The van der Waals surface area contributed by atoms with Crippen molar-refractivity contribution >= 4 is 5.78 Å². The predicted molar refractivity (Wildman–Crippen MR) is 118 cm³/mol. The van der Waals surface area contributed by atoms with Gasteiger partial charge in [0.1, 0.15) is 12.4 Å². The van der Waals surface area contributed by atoms with Crippen molar-refractivity contribution in [2.75, 3.05) is 0 Å². The van der Waals surface area contributed by atoms with Gasteiger partial charge in [-0.05, 0) is 116 Å². The van der Waals surface area contributed by atoms with Gasteiger partial charge in [-0.3, -0.25) is 4.79 Å². The highest BCUT2D eigenvalue weighted by Gasteiger charge is 2.63. The molecule has 4 saturated carbocycles. The van der Waals surface area contributed by atoms with Crippen molar-refractivity contribution in [3.05, 3.63) is 5.82 Å². The first-order chi connectivity index (χ1) is 14.6. The van der Waals surface area contributed by atoms with Crippen LogP contribution in [-0.2, 0) is 11.3 Å². The molecule has 0 bridgehead atoms. The van der Waals surface area contributed by atoms with Gasteiger partial charge in [-0.25, -0.2) is 4.68 Å². The number of ketones is 1. The maximum atomic E-state index is 13.4. The molecule has 1 N–H and O–H groups in total. The summed E-state index contributed by atoms with van der Waals surface area (Å²) in [7, 11) is 0. The van der Waals surface area contributed by atoms with E-state index in [0.717, 1.165) is 43.9 Å². The molecule has 172 valence electrons. The molecule has 1 heterocycles. The van der Waals surface area contributed by atoms with Crippen LogP contribution < -0.4 is 0 Å². The summed E-state index contributed by atoms with van der Waals surface area (Å²) in [6, 6.07) is 0. The van der Waals surface area contributed by atoms with Crippen molar-refractivity contribution in [1.82, 2.24) is 20.2 Å². The minimum Gasteiger partial charge on any atom is -0.390 e. The molecule has 5 rings (SSSR count). The molecule has 0 aliphatic heterocycles. The Bertz CT molecular complexity index is 865. The summed E-state index contributed by atoms with van der Waals surface area (Å²) < 4.78 is 1.66. The predicted octanol–water partition coefficient (Wildman–Crippen LogP) is 4.21. The van der Waals surface area contributed by atoms with E-state index in [1.165, 1.54) is 19.3 Å². The second-order valence-corrected chi connectivity index (χ2v) is 12.4. The molecule has 4 aliphatic carbocycles. The van der Waals surface area contributed by atoms with Crippen LogP contribution >= 0.6 is 0 Å². The van der Waals surface area contributed by atoms with Gasteiger partial charge in [-0.15, -0.1) is 5.10 Å². The van der Waals surface area contributed by atoms with Crippen molar-refractivity contribution in [2.24, 2.45) is 46.3 Å². The molecule has 0 aromatic carbocycles. The minimum atomic E-state index is -0.487. The molecule has 6 nitrogen and oxygen atoms in total. The van der Waals surface area contributed by atoms with Gasteiger partial charge in [0.05, 0.1) is 5.60 Å². The topological polar surface area (TPSA) is 80.9 Å². The van der Waals surface area contributed by atoms with Crippen molar-refractivity contribution in [2.45, 2.75) is 98.1 Å². The van der Waals surface area contributed by atoms with Gasteiger partial charge in [-0.2, -0.15) is 0 Å². The average molecular weight is 429 g/mol. The van der Waals surface area contributed by atoms with Crippen LogP contribution in [0.3, 0.4) is 0 Å². The van der Waals surface area contributed by atoms with E-state index >= 15 is 0 Å². The van der Waals surface area contributed by atoms with E-state index < -0.39 is 5.60 Å². The molecule has 31 heavy (non-hydrogen) atoms. The molecule has 4 fully saturated rings. The minimum absolute atomic E-state index is 0.109. The summed E-state index contributed by atoms with van der Waals surface area (Å²) in [5, 5.41) is 22.4. The smallest absolute Gasteiger partial charge is 0.158 e. The summed E-state index contributed by atoms with van der Waals surface area (Å²) in [6.45, 7) is 11.6. The lowest BCUT2D eigenvalue weighted by atomic mass is 9.42. The maximum Gasteiger partial charge on any atom is 0.158 e. The normalized spacial score (nSPS) is 49.2. The average Bonchev–Trinajstić information content (AvgIpc) is 3.25. The number of tetrazole rings is 1. The van der Waals surface area contributed by atoms with E-state index in [1.807, 2.05) is 13.8 Å². The molecular formula is C25H40N4O2. The Labute approximate surface area is 186 Å². The fourth-order valence-corrected chi connectivity index (χ4v) is 9.00. The van der Waals surface area contributed by atoms with Gasteiger partial charge < -0.3 is 5.11 Å². The highest BCUT2D eigenvalue weighted by atomic mass is 16.3. The first kappa shape index (κ1) is 21.5. The molecule has 0 unspecified atom stereocenters. The van der Waals surface area contributed by atoms with Crippen LogP contribution in [0.2, 0.25) is 0 Å². The molecule has 0 spiro atoms. The molecule has 0 amide bonds. The molecule has 0 radical (unpaired) electrons. The number of aromatic nitrogens is 4. The van der Waals surface area contributed by atoms with E-state index in [1.54, 1.807) is 4.68 Å². The van der Waals surface area contributed by atoms with Crippen LogP contribution in [0.4, 0.5) is 0 Å². The number of carbonyl (C=O) groups excluding carboxylic acids is 1. The molecule has 1 aromatic rings. The first-order valence-corrected chi connectivity index (χ1v) is 12.5. The fourth-order valence-electron chi connectivity index (χ4n) is 9.00. The second-order valence-electron chi connectivity index (χ2n) is 12.4. The monoisotopic (exact) mass is 428 g/mol. The number of aliphatic hydroxyl groups is 1. The standard InChI is InChI=1S/C25H40N4O2/c1-15-12-17-13-23(3,31)10-11-24(17,4)20-8-9-25(5)18(6-7-19(25)22(15)20)21(30)14-29-16(2)26-27-28-29/h15,17-20,22,31H,6-14H2,1-5H3/t15-,17+,18-,19+,20+,22+,23-,24+,25-/m1/s1. The third-order valence-corrected chi connectivity index (χ3v) is 10.7. The zero-order chi connectivity index (χ0) is 22.2. The van der Waals surface area contributed by atoms with E-state index in [0.29, 0.717) is 41.3 Å². The molecule has 9 atom stereocenters. The summed E-state index contributed by atoms with van der Waals surface area (Å²) >= 11 is 0. The van der Waals surface area contributed by atoms with Crippen molar-refractivity contribution in [1.29, 1.82) is 0 Å². The van der Waals surface area contributed by atoms with Gasteiger partial charge in [0.15, 0.2) is 5.78 Å². The van der Waals surface area contributed by atoms with Crippen molar-refractivity contribution in [3.63, 3.8) is 0 Å². The van der Waals surface area contributed by atoms with Crippen LogP contribution in [0, 0.1) is 53.3 Å². The number of aryl methyl sites for hydroxylation is 1. The van der Waals surface area contributed by atoms with Crippen LogP contribution in [0.1, 0.15) is 84.9 Å². The zero-order valence-corrected chi connectivity index (χ0v) is 20.0. The van der Waals surface area contributed by atoms with E-state index in [9.17, 15) is 9.90 Å². The Morgan fingerprint density at radius 2 is 1.84 bits per heavy atom. The van der Waals surface area contributed by atoms with Crippen molar-refractivity contribution < 1.29 is 9.90 Å². The van der Waals surface area contributed by atoms with E-state index in [-0.39, 0.29) is 11.3 Å². The third-order valence-electron chi connectivity index (χ3n) is 10.7. The Kier molecular flexibility index (Phi) is 4.93. The number of hydrogen-bond acceptors (Lipinski definition) is 5. The van der Waals surface area contributed by atoms with Crippen LogP contribution in [0.15, 0.2) is 0 Å². The zero-order valence-electron chi connectivity index (χ0n) is 20.0. The van der Waals surface area contributed by atoms with Gasteiger partial charge in [0.25, 0.3) is 0 Å². The lowest BCUT2D eigenvalue weighted by molar-refractivity contribution is -0.166. The highest BCUT2D eigenvalue weighted by Crippen LogP contribution is 2.69. The van der Waals surface area contributed by atoms with Crippen LogP contribution in [0.5, 0.6) is 0 Å². The van der Waals surface area contributed by atoms with Gasteiger partial charge in [0, 0.05) is 5.92 Å². The van der Waals surface area contributed by atoms with Gasteiger partial charge in [-0.1, -0.05) is 20.8 Å². The Morgan fingerprint density at radius 3 is 2.55 bits per heavy atom. The van der Waals surface area contributed by atoms with Crippen LogP contribution in [-0.4, -0.2) is 36.7 Å².